The molecule has 0 aliphatic rings. The molecule has 1 unspecified atom stereocenters. The molecule has 0 spiro atoms. The highest BCUT2D eigenvalue weighted by Gasteiger charge is 2.13. The Bertz CT molecular complexity index is 337. The highest BCUT2D eigenvalue weighted by atomic mass is 127. The van der Waals surface area contributed by atoms with Gasteiger partial charge in [0.15, 0.2) is 0 Å². The predicted octanol–water partition coefficient (Wildman–Crippen LogP) is 2.06. The molecule has 0 heterocycles. The fourth-order valence-corrected chi connectivity index (χ4v) is 1.83. The third kappa shape index (κ3) is 4.49. The van der Waals surface area contributed by atoms with Gasteiger partial charge in [-0.3, -0.25) is 4.79 Å². The quantitative estimate of drug-likeness (QED) is 0.509. The molecule has 0 radical (unpaired) electrons. The molecule has 0 aromatic heterocycles. The molecular formula is C12H16INO2. The molecule has 0 amide bonds. The zero-order chi connectivity index (χ0) is 12.0. The lowest BCUT2D eigenvalue weighted by Crippen LogP contribution is -2.29. The van der Waals surface area contributed by atoms with Gasteiger partial charge in [-0.2, -0.15) is 0 Å². The van der Waals surface area contributed by atoms with Crippen molar-refractivity contribution in [3.63, 3.8) is 0 Å². The van der Waals surface area contributed by atoms with E-state index in [1.807, 2.05) is 0 Å². The van der Waals surface area contributed by atoms with Crippen LogP contribution in [-0.2, 0) is 16.1 Å². The summed E-state index contributed by atoms with van der Waals surface area (Å²) < 4.78 is 4.51. The van der Waals surface area contributed by atoms with Crippen LogP contribution < -0.4 is 5.32 Å². The van der Waals surface area contributed by atoms with E-state index in [2.05, 4.69) is 63.8 Å². The van der Waals surface area contributed by atoms with Crippen LogP contribution in [0, 0.1) is 6.92 Å². The van der Waals surface area contributed by atoms with Gasteiger partial charge in [0, 0.05) is 13.1 Å². The predicted molar refractivity (Wildman–Crippen MR) is 72.7 cm³/mol. The van der Waals surface area contributed by atoms with E-state index in [-0.39, 0.29) is 9.89 Å². The lowest BCUT2D eigenvalue weighted by atomic mass is 10.1. The van der Waals surface area contributed by atoms with E-state index in [1.54, 1.807) is 0 Å². The number of hydrogen-bond donors (Lipinski definition) is 1. The average Bonchev–Trinajstić information content (AvgIpc) is 2.30. The Morgan fingerprint density at radius 2 is 2.06 bits per heavy atom. The van der Waals surface area contributed by atoms with Crippen LogP contribution in [0.5, 0.6) is 0 Å². The molecule has 0 saturated carbocycles. The molecule has 1 aromatic carbocycles. The number of ether oxygens (including phenoxy) is 1. The van der Waals surface area contributed by atoms with Crippen molar-refractivity contribution in [3.05, 3.63) is 35.4 Å². The SMILES string of the molecule is COC(=O)C(I)CNCc1ccc(C)cc1. The third-order valence-corrected chi connectivity index (χ3v) is 3.18. The highest BCUT2D eigenvalue weighted by molar-refractivity contribution is 14.1. The highest BCUT2D eigenvalue weighted by Crippen LogP contribution is 2.04. The van der Waals surface area contributed by atoms with E-state index in [4.69, 9.17) is 0 Å². The van der Waals surface area contributed by atoms with Crippen molar-refractivity contribution < 1.29 is 9.53 Å². The van der Waals surface area contributed by atoms with Gasteiger partial charge in [0.05, 0.1) is 7.11 Å². The zero-order valence-corrected chi connectivity index (χ0v) is 11.7. The molecule has 0 aliphatic carbocycles. The molecule has 16 heavy (non-hydrogen) atoms. The Morgan fingerprint density at radius 3 is 2.62 bits per heavy atom. The van der Waals surface area contributed by atoms with Gasteiger partial charge in [0.25, 0.3) is 0 Å². The van der Waals surface area contributed by atoms with Crippen LogP contribution in [0.1, 0.15) is 11.1 Å². The van der Waals surface area contributed by atoms with Crippen molar-refractivity contribution in [1.82, 2.24) is 5.32 Å². The standard InChI is InChI=1S/C12H16INO2/c1-9-3-5-10(6-4-9)7-14-8-11(13)12(15)16-2/h3-6,11,14H,7-8H2,1-2H3. The molecule has 4 heteroatoms. The van der Waals surface area contributed by atoms with Crippen LogP contribution >= 0.6 is 22.6 Å². The monoisotopic (exact) mass is 333 g/mol. The Balaban J connectivity index is 2.30. The van der Waals surface area contributed by atoms with Gasteiger partial charge in [-0.15, -0.1) is 0 Å². The molecule has 3 nitrogen and oxygen atoms in total. The average molecular weight is 333 g/mol. The van der Waals surface area contributed by atoms with E-state index in [0.29, 0.717) is 6.54 Å². The van der Waals surface area contributed by atoms with Crippen molar-refractivity contribution >= 4 is 28.6 Å². The largest absolute Gasteiger partial charge is 0.468 e. The molecular weight excluding hydrogens is 317 g/mol. The van der Waals surface area contributed by atoms with Crippen molar-refractivity contribution in [1.29, 1.82) is 0 Å². The maximum absolute atomic E-state index is 11.1. The Morgan fingerprint density at radius 1 is 1.44 bits per heavy atom. The lowest BCUT2D eigenvalue weighted by molar-refractivity contribution is -0.139. The first kappa shape index (κ1) is 13.4. The normalized spacial score (nSPS) is 12.2. The Kier molecular flexibility index (Phi) is 5.76. The fourth-order valence-electron chi connectivity index (χ4n) is 1.26. The number of carbonyl (C=O) groups excluding carboxylic acids is 1. The number of esters is 1. The number of alkyl halides is 1. The minimum Gasteiger partial charge on any atom is -0.468 e. The molecule has 0 aliphatic heterocycles. The van der Waals surface area contributed by atoms with Crippen LogP contribution in [0.2, 0.25) is 0 Å². The first-order chi connectivity index (χ1) is 7.63. The van der Waals surface area contributed by atoms with Gasteiger partial charge in [-0.25, -0.2) is 0 Å². The molecule has 1 aromatic rings. The molecule has 1 rings (SSSR count). The maximum Gasteiger partial charge on any atom is 0.319 e. The van der Waals surface area contributed by atoms with E-state index >= 15 is 0 Å². The van der Waals surface area contributed by atoms with E-state index < -0.39 is 0 Å². The fraction of sp³-hybridized carbons (Fsp3) is 0.417. The van der Waals surface area contributed by atoms with Crippen LogP contribution in [0.25, 0.3) is 0 Å². The van der Waals surface area contributed by atoms with Gasteiger partial charge >= 0.3 is 5.97 Å². The number of hydrogen-bond acceptors (Lipinski definition) is 3. The van der Waals surface area contributed by atoms with Crippen molar-refractivity contribution in [2.75, 3.05) is 13.7 Å². The number of carbonyl (C=O) groups is 1. The van der Waals surface area contributed by atoms with Crippen LogP contribution in [0.3, 0.4) is 0 Å². The molecule has 0 bridgehead atoms. The van der Waals surface area contributed by atoms with Crippen molar-refractivity contribution in [2.24, 2.45) is 0 Å². The summed E-state index contributed by atoms with van der Waals surface area (Å²) in [5.74, 6) is -0.183. The summed E-state index contributed by atoms with van der Waals surface area (Å²) in [6.07, 6.45) is 0. The van der Waals surface area contributed by atoms with Crippen LogP contribution in [-0.4, -0.2) is 23.5 Å². The third-order valence-electron chi connectivity index (χ3n) is 2.23. The minimum absolute atomic E-state index is 0.131. The van der Waals surface area contributed by atoms with E-state index in [0.717, 1.165) is 6.54 Å². The van der Waals surface area contributed by atoms with E-state index in [9.17, 15) is 4.79 Å². The maximum atomic E-state index is 11.1. The molecule has 0 fully saturated rings. The number of rotatable bonds is 5. The first-order valence-electron chi connectivity index (χ1n) is 5.11. The van der Waals surface area contributed by atoms with Gasteiger partial charge in [-0.1, -0.05) is 52.4 Å². The summed E-state index contributed by atoms with van der Waals surface area (Å²) in [7, 11) is 1.41. The summed E-state index contributed by atoms with van der Waals surface area (Å²) in [5, 5.41) is 3.23. The van der Waals surface area contributed by atoms with Crippen LogP contribution in [0.4, 0.5) is 0 Å². The second-order valence-corrected chi connectivity index (χ2v) is 5.11. The van der Waals surface area contributed by atoms with E-state index in [1.165, 1.54) is 18.2 Å². The Labute approximate surface area is 110 Å². The number of halogens is 1. The van der Waals surface area contributed by atoms with Crippen molar-refractivity contribution in [2.45, 2.75) is 17.4 Å². The van der Waals surface area contributed by atoms with Crippen molar-refractivity contribution in [3.8, 4) is 0 Å². The molecule has 1 atom stereocenters. The van der Waals surface area contributed by atoms with Gasteiger partial charge in [-0.05, 0) is 12.5 Å². The lowest BCUT2D eigenvalue weighted by Gasteiger charge is -2.09. The second-order valence-electron chi connectivity index (χ2n) is 3.61. The molecule has 88 valence electrons. The first-order valence-corrected chi connectivity index (χ1v) is 6.36. The smallest absolute Gasteiger partial charge is 0.319 e. The van der Waals surface area contributed by atoms with Gasteiger partial charge in [0.2, 0.25) is 0 Å². The second kappa shape index (κ2) is 6.85. The summed E-state index contributed by atoms with van der Waals surface area (Å²) in [5.41, 5.74) is 2.48. The number of aryl methyl sites for hydroxylation is 1. The topological polar surface area (TPSA) is 38.3 Å². The summed E-state index contributed by atoms with van der Waals surface area (Å²) in [6, 6.07) is 8.34. The zero-order valence-electron chi connectivity index (χ0n) is 9.50. The molecule has 0 saturated heterocycles. The number of benzene rings is 1. The van der Waals surface area contributed by atoms with Gasteiger partial charge in [0.1, 0.15) is 3.92 Å². The minimum atomic E-state index is -0.183. The summed E-state index contributed by atoms with van der Waals surface area (Å²) >= 11 is 2.08. The number of nitrogens with one attached hydrogen (secondary N) is 1. The number of methoxy groups -OCH3 is 1. The summed E-state index contributed by atoms with van der Waals surface area (Å²) in [4.78, 5) is 11.1. The van der Waals surface area contributed by atoms with Crippen LogP contribution in [0.15, 0.2) is 24.3 Å². The Hall–Kier alpha value is -0.620. The van der Waals surface area contributed by atoms with Gasteiger partial charge < -0.3 is 10.1 Å². The molecule has 1 N–H and O–H groups in total. The summed E-state index contributed by atoms with van der Waals surface area (Å²) in [6.45, 7) is 3.47.